The van der Waals surface area contributed by atoms with Gasteiger partial charge in [-0.15, -0.1) is 0 Å². The van der Waals surface area contributed by atoms with Crippen molar-refractivity contribution in [3.63, 3.8) is 0 Å². The zero-order valence-corrected chi connectivity index (χ0v) is 13.8. The van der Waals surface area contributed by atoms with Gasteiger partial charge in [0.25, 0.3) is 5.91 Å². The van der Waals surface area contributed by atoms with Crippen LogP contribution in [-0.2, 0) is 9.53 Å². The normalized spacial score (nSPS) is 10.2. The van der Waals surface area contributed by atoms with E-state index in [9.17, 15) is 14.0 Å². The molecule has 2 aromatic carbocycles. The molecule has 6 heteroatoms. The Kier molecular flexibility index (Phi) is 5.52. The van der Waals surface area contributed by atoms with Crippen LogP contribution >= 0.6 is 0 Å². The molecule has 2 rings (SSSR count). The molecule has 0 spiro atoms. The molecule has 5 nitrogen and oxygen atoms in total. The van der Waals surface area contributed by atoms with Crippen LogP contribution in [-0.4, -0.2) is 32.6 Å². The zero-order valence-electron chi connectivity index (χ0n) is 13.8. The third kappa shape index (κ3) is 4.55. The summed E-state index contributed by atoms with van der Waals surface area (Å²) in [6.45, 7) is 1.30. The van der Waals surface area contributed by atoms with E-state index < -0.39 is 24.3 Å². The quantitative estimate of drug-likeness (QED) is 0.856. The predicted octanol–water partition coefficient (Wildman–Crippen LogP) is 3.00. The van der Waals surface area contributed by atoms with Crippen molar-refractivity contribution in [1.29, 1.82) is 0 Å². The van der Waals surface area contributed by atoms with Crippen LogP contribution < -0.4 is 10.2 Å². The Morgan fingerprint density at radius 3 is 2.42 bits per heavy atom. The molecule has 0 bridgehead atoms. The molecule has 0 fully saturated rings. The third-order valence-electron chi connectivity index (χ3n) is 3.43. The van der Waals surface area contributed by atoms with Gasteiger partial charge in [0.2, 0.25) is 0 Å². The minimum atomic E-state index is -0.591. The predicted molar refractivity (Wildman–Crippen MR) is 90.8 cm³/mol. The van der Waals surface area contributed by atoms with E-state index in [4.69, 9.17) is 4.74 Å². The number of rotatable bonds is 5. The van der Waals surface area contributed by atoms with Gasteiger partial charge in [-0.3, -0.25) is 4.79 Å². The van der Waals surface area contributed by atoms with Crippen LogP contribution in [0.3, 0.4) is 0 Å². The highest BCUT2D eigenvalue weighted by Crippen LogP contribution is 2.16. The van der Waals surface area contributed by atoms with Crippen molar-refractivity contribution in [3.8, 4) is 0 Å². The summed E-state index contributed by atoms with van der Waals surface area (Å²) in [5.74, 6) is -1.57. The molecule has 0 saturated heterocycles. The Bertz CT molecular complexity index is 742. The molecule has 0 saturated carbocycles. The summed E-state index contributed by atoms with van der Waals surface area (Å²) in [5.41, 5.74) is 2.38. The molecule has 0 unspecified atom stereocenters. The smallest absolute Gasteiger partial charge is 0.338 e. The van der Waals surface area contributed by atoms with Crippen molar-refractivity contribution in [2.45, 2.75) is 6.92 Å². The largest absolute Gasteiger partial charge is 0.452 e. The maximum Gasteiger partial charge on any atom is 0.338 e. The zero-order chi connectivity index (χ0) is 17.7. The number of esters is 1. The van der Waals surface area contributed by atoms with Crippen LogP contribution in [0.15, 0.2) is 42.5 Å². The lowest BCUT2D eigenvalue weighted by atomic mass is 10.2. The summed E-state index contributed by atoms with van der Waals surface area (Å²) in [6.07, 6.45) is 0. The molecule has 1 N–H and O–H groups in total. The molecule has 0 heterocycles. The van der Waals surface area contributed by atoms with E-state index in [0.717, 1.165) is 11.3 Å². The average Bonchev–Trinajstić information content (AvgIpc) is 2.56. The number of ether oxygens (including phenoxy) is 1. The summed E-state index contributed by atoms with van der Waals surface area (Å²) in [7, 11) is 3.79. The van der Waals surface area contributed by atoms with Crippen molar-refractivity contribution in [2.75, 3.05) is 30.9 Å². The minimum absolute atomic E-state index is 0.353. The van der Waals surface area contributed by atoms with Gasteiger partial charge in [0.05, 0.1) is 5.56 Å². The van der Waals surface area contributed by atoms with E-state index in [2.05, 4.69) is 5.32 Å². The van der Waals surface area contributed by atoms with Gasteiger partial charge >= 0.3 is 5.97 Å². The van der Waals surface area contributed by atoms with Crippen molar-refractivity contribution in [3.05, 3.63) is 59.4 Å². The van der Waals surface area contributed by atoms with Crippen LogP contribution in [0, 0.1) is 12.7 Å². The summed E-state index contributed by atoms with van der Waals surface area (Å²) in [5, 5.41) is 2.52. The fraction of sp³-hybridized carbons (Fsp3) is 0.222. The lowest BCUT2D eigenvalue weighted by Crippen LogP contribution is -2.21. The van der Waals surface area contributed by atoms with E-state index in [-0.39, 0.29) is 0 Å². The molecule has 0 aliphatic heterocycles. The number of nitrogens with zero attached hydrogens (tertiary/aromatic N) is 1. The Hall–Kier alpha value is -2.89. The lowest BCUT2D eigenvalue weighted by molar-refractivity contribution is -0.119. The van der Waals surface area contributed by atoms with Gasteiger partial charge in [-0.2, -0.15) is 0 Å². The Morgan fingerprint density at radius 2 is 1.79 bits per heavy atom. The maximum atomic E-state index is 13.2. The number of carbonyl (C=O) groups excluding carboxylic acids is 2. The summed E-state index contributed by atoms with van der Waals surface area (Å²) in [4.78, 5) is 25.7. The SMILES string of the molecule is Cc1ccc(F)cc1NC(=O)COC(=O)c1ccc(N(C)C)cc1. The molecule has 0 aliphatic carbocycles. The highest BCUT2D eigenvalue weighted by atomic mass is 19.1. The topological polar surface area (TPSA) is 58.6 Å². The molecule has 1 amide bonds. The van der Waals surface area contributed by atoms with Gasteiger partial charge in [0.15, 0.2) is 6.61 Å². The molecule has 0 aromatic heterocycles. The number of hydrogen-bond donors (Lipinski definition) is 1. The van der Waals surface area contributed by atoms with Gasteiger partial charge in [0, 0.05) is 25.5 Å². The highest BCUT2D eigenvalue weighted by Gasteiger charge is 2.11. The summed E-state index contributed by atoms with van der Waals surface area (Å²) in [6, 6.07) is 10.9. The second-order valence-electron chi connectivity index (χ2n) is 5.52. The number of carbonyl (C=O) groups is 2. The van der Waals surface area contributed by atoms with Crippen molar-refractivity contribution in [1.82, 2.24) is 0 Å². The number of nitrogens with one attached hydrogen (secondary N) is 1. The minimum Gasteiger partial charge on any atom is -0.452 e. The van der Waals surface area contributed by atoms with Gasteiger partial charge in [0.1, 0.15) is 5.82 Å². The number of aryl methyl sites for hydroxylation is 1. The third-order valence-corrected chi connectivity index (χ3v) is 3.43. The van der Waals surface area contributed by atoms with Gasteiger partial charge in [-0.25, -0.2) is 9.18 Å². The summed E-state index contributed by atoms with van der Waals surface area (Å²) >= 11 is 0. The second-order valence-corrected chi connectivity index (χ2v) is 5.52. The van der Waals surface area contributed by atoms with Crippen LogP contribution in [0.4, 0.5) is 15.8 Å². The Labute approximate surface area is 140 Å². The molecule has 0 aliphatic rings. The molecular weight excluding hydrogens is 311 g/mol. The van der Waals surface area contributed by atoms with Crippen molar-refractivity contribution in [2.24, 2.45) is 0 Å². The van der Waals surface area contributed by atoms with Crippen LogP contribution in [0.2, 0.25) is 0 Å². The fourth-order valence-corrected chi connectivity index (χ4v) is 2.03. The molecule has 24 heavy (non-hydrogen) atoms. The summed E-state index contributed by atoms with van der Waals surface area (Å²) < 4.78 is 18.2. The van der Waals surface area contributed by atoms with Crippen LogP contribution in [0.1, 0.15) is 15.9 Å². The second kappa shape index (κ2) is 7.59. The first-order chi connectivity index (χ1) is 11.4. The van der Waals surface area contributed by atoms with Crippen molar-refractivity contribution >= 4 is 23.3 Å². The van der Waals surface area contributed by atoms with E-state index in [1.54, 1.807) is 37.3 Å². The van der Waals surface area contributed by atoms with Crippen molar-refractivity contribution < 1.29 is 18.7 Å². The molecule has 0 atom stereocenters. The van der Waals surface area contributed by atoms with Gasteiger partial charge in [-0.1, -0.05) is 6.07 Å². The molecule has 2 aromatic rings. The fourth-order valence-electron chi connectivity index (χ4n) is 2.03. The van der Waals surface area contributed by atoms with Gasteiger partial charge in [-0.05, 0) is 48.9 Å². The average molecular weight is 330 g/mol. The maximum absolute atomic E-state index is 13.2. The number of benzene rings is 2. The number of hydrogen-bond acceptors (Lipinski definition) is 4. The Morgan fingerprint density at radius 1 is 1.12 bits per heavy atom. The molecule has 126 valence electrons. The first-order valence-electron chi connectivity index (χ1n) is 7.37. The first-order valence-corrected chi connectivity index (χ1v) is 7.37. The first kappa shape index (κ1) is 17.5. The number of anilines is 2. The van der Waals surface area contributed by atoms with Crippen LogP contribution in [0.25, 0.3) is 0 Å². The van der Waals surface area contributed by atoms with E-state index in [0.29, 0.717) is 11.3 Å². The monoisotopic (exact) mass is 330 g/mol. The van der Waals surface area contributed by atoms with Crippen LogP contribution in [0.5, 0.6) is 0 Å². The van der Waals surface area contributed by atoms with E-state index in [1.807, 2.05) is 19.0 Å². The molecular formula is C18H19FN2O3. The highest BCUT2D eigenvalue weighted by molar-refractivity contribution is 5.96. The Balaban J connectivity index is 1.91. The number of halogens is 1. The lowest BCUT2D eigenvalue weighted by Gasteiger charge is -2.12. The molecule has 0 radical (unpaired) electrons. The standard InChI is InChI=1S/C18H19FN2O3/c1-12-4-7-14(19)10-16(12)20-17(22)11-24-18(23)13-5-8-15(9-6-13)21(2)3/h4-10H,11H2,1-3H3,(H,20,22). The van der Waals surface area contributed by atoms with E-state index >= 15 is 0 Å². The van der Waals surface area contributed by atoms with E-state index in [1.165, 1.54) is 12.1 Å². The van der Waals surface area contributed by atoms with Gasteiger partial charge < -0.3 is 15.0 Å². The number of amides is 1.